The summed E-state index contributed by atoms with van der Waals surface area (Å²) in [6, 6.07) is 3.09. The summed E-state index contributed by atoms with van der Waals surface area (Å²) in [7, 11) is 1.32. The molecular formula is C16H23F2NO2. The summed E-state index contributed by atoms with van der Waals surface area (Å²) in [5.41, 5.74) is 0.265. The molecule has 0 aliphatic rings. The average Bonchev–Trinajstić information content (AvgIpc) is 2.42. The fraction of sp³-hybridized carbons (Fsp3) is 0.562. The van der Waals surface area contributed by atoms with E-state index in [0.717, 1.165) is 25.1 Å². The molecule has 0 saturated heterocycles. The zero-order valence-corrected chi connectivity index (χ0v) is 12.8. The Morgan fingerprint density at radius 1 is 1.33 bits per heavy atom. The molecule has 1 aromatic carbocycles. The highest BCUT2D eigenvalue weighted by Crippen LogP contribution is 2.14. The lowest BCUT2D eigenvalue weighted by Gasteiger charge is -2.19. The number of hydrogen-bond acceptors (Lipinski definition) is 3. The highest BCUT2D eigenvalue weighted by atomic mass is 19.1. The molecule has 0 aliphatic carbocycles. The monoisotopic (exact) mass is 299 g/mol. The van der Waals surface area contributed by atoms with E-state index in [2.05, 4.69) is 23.9 Å². The van der Waals surface area contributed by atoms with Gasteiger partial charge in [0.05, 0.1) is 13.5 Å². The summed E-state index contributed by atoms with van der Waals surface area (Å²) in [5, 5.41) is 3.22. The number of rotatable bonds is 8. The van der Waals surface area contributed by atoms with Crippen LogP contribution in [0.3, 0.4) is 0 Å². The van der Waals surface area contributed by atoms with Crippen molar-refractivity contribution in [3.8, 4) is 0 Å². The van der Waals surface area contributed by atoms with Crippen LogP contribution >= 0.6 is 0 Å². The number of halogens is 2. The second-order valence-electron chi connectivity index (χ2n) is 5.55. The van der Waals surface area contributed by atoms with E-state index in [1.807, 2.05) is 0 Å². The van der Waals surface area contributed by atoms with Crippen molar-refractivity contribution >= 4 is 5.97 Å². The van der Waals surface area contributed by atoms with E-state index < -0.39 is 11.6 Å². The quantitative estimate of drug-likeness (QED) is 0.750. The van der Waals surface area contributed by atoms with Gasteiger partial charge in [-0.2, -0.15) is 0 Å². The molecular weight excluding hydrogens is 276 g/mol. The summed E-state index contributed by atoms with van der Waals surface area (Å²) in [6.45, 7) is 4.92. The number of benzene rings is 1. The molecule has 1 aromatic rings. The van der Waals surface area contributed by atoms with Gasteiger partial charge in [-0.1, -0.05) is 13.8 Å². The van der Waals surface area contributed by atoms with E-state index in [4.69, 9.17) is 0 Å². The average molecular weight is 299 g/mol. The first-order valence-electron chi connectivity index (χ1n) is 7.16. The highest BCUT2D eigenvalue weighted by Gasteiger charge is 2.17. The number of carbonyl (C=O) groups is 1. The fourth-order valence-electron chi connectivity index (χ4n) is 2.04. The van der Waals surface area contributed by atoms with Gasteiger partial charge in [0, 0.05) is 6.04 Å². The molecule has 0 heterocycles. The Morgan fingerprint density at radius 3 is 2.67 bits per heavy atom. The Balaban J connectivity index is 2.70. The summed E-state index contributed by atoms with van der Waals surface area (Å²) >= 11 is 0. The molecule has 118 valence electrons. The van der Waals surface area contributed by atoms with Gasteiger partial charge in [0.1, 0.15) is 11.6 Å². The number of esters is 1. The second-order valence-corrected chi connectivity index (χ2v) is 5.55. The molecule has 0 amide bonds. The molecule has 3 nitrogen and oxygen atoms in total. The fourth-order valence-corrected chi connectivity index (χ4v) is 2.04. The molecule has 0 fully saturated rings. The third-order valence-electron chi connectivity index (χ3n) is 3.27. The minimum absolute atomic E-state index is 0.130. The van der Waals surface area contributed by atoms with Crippen LogP contribution in [0.1, 0.15) is 32.3 Å². The smallest absolute Gasteiger partial charge is 0.307 e. The van der Waals surface area contributed by atoms with Crippen molar-refractivity contribution < 1.29 is 18.3 Å². The first-order valence-corrected chi connectivity index (χ1v) is 7.16. The first kappa shape index (κ1) is 17.6. The van der Waals surface area contributed by atoms with Gasteiger partial charge in [-0.15, -0.1) is 0 Å². The maximum atomic E-state index is 13.7. The molecule has 0 radical (unpaired) electrons. The zero-order valence-electron chi connectivity index (χ0n) is 12.8. The van der Waals surface area contributed by atoms with Gasteiger partial charge in [-0.3, -0.25) is 4.79 Å². The molecule has 0 bridgehead atoms. The van der Waals surface area contributed by atoms with Crippen molar-refractivity contribution in [2.24, 2.45) is 5.92 Å². The second kappa shape index (κ2) is 8.72. The summed E-state index contributed by atoms with van der Waals surface area (Å²) in [4.78, 5) is 11.4. The number of nitrogens with one attached hydrogen (secondary N) is 1. The minimum atomic E-state index is -0.481. The van der Waals surface area contributed by atoms with Crippen molar-refractivity contribution in [3.05, 3.63) is 35.4 Å². The third-order valence-corrected chi connectivity index (χ3v) is 3.27. The number of carbonyl (C=O) groups excluding carboxylic acids is 1. The van der Waals surface area contributed by atoms with Gasteiger partial charge in [0.15, 0.2) is 0 Å². The van der Waals surface area contributed by atoms with Crippen molar-refractivity contribution in [3.63, 3.8) is 0 Å². The van der Waals surface area contributed by atoms with Crippen LogP contribution in [-0.2, 0) is 16.0 Å². The Bertz CT molecular complexity index is 464. The molecule has 1 atom stereocenters. The lowest BCUT2D eigenvalue weighted by molar-refractivity contribution is -0.141. The van der Waals surface area contributed by atoms with Crippen molar-refractivity contribution in [1.29, 1.82) is 0 Å². The molecule has 0 saturated carbocycles. The van der Waals surface area contributed by atoms with Crippen molar-refractivity contribution in [1.82, 2.24) is 5.32 Å². The van der Waals surface area contributed by atoms with Crippen LogP contribution in [0.5, 0.6) is 0 Å². The van der Waals surface area contributed by atoms with Crippen LogP contribution in [-0.4, -0.2) is 25.7 Å². The van der Waals surface area contributed by atoms with Crippen LogP contribution in [0.2, 0.25) is 0 Å². The van der Waals surface area contributed by atoms with Gasteiger partial charge in [-0.25, -0.2) is 8.78 Å². The molecule has 1 rings (SSSR count). The van der Waals surface area contributed by atoms with Crippen LogP contribution in [0.15, 0.2) is 18.2 Å². The Kier molecular flexibility index (Phi) is 7.29. The van der Waals surface area contributed by atoms with E-state index in [1.165, 1.54) is 13.2 Å². The third kappa shape index (κ3) is 6.67. The first-order chi connectivity index (χ1) is 9.92. The van der Waals surface area contributed by atoms with E-state index in [0.29, 0.717) is 5.92 Å². The minimum Gasteiger partial charge on any atom is -0.469 e. The lowest BCUT2D eigenvalue weighted by atomic mass is 10.0. The number of hydrogen-bond donors (Lipinski definition) is 1. The van der Waals surface area contributed by atoms with Crippen LogP contribution in [0, 0.1) is 17.6 Å². The van der Waals surface area contributed by atoms with Gasteiger partial charge in [0.25, 0.3) is 0 Å². The predicted octanol–water partition coefficient (Wildman–Crippen LogP) is 3.07. The van der Waals surface area contributed by atoms with E-state index in [1.54, 1.807) is 0 Å². The van der Waals surface area contributed by atoms with Gasteiger partial charge in [-0.05, 0) is 49.1 Å². The van der Waals surface area contributed by atoms with Gasteiger partial charge in [0.2, 0.25) is 0 Å². The highest BCUT2D eigenvalue weighted by molar-refractivity contribution is 5.70. The summed E-state index contributed by atoms with van der Waals surface area (Å²) in [5.74, 6) is -0.779. The van der Waals surface area contributed by atoms with Crippen molar-refractivity contribution in [2.45, 2.75) is 39.2 Å². The van der Waals surface area contributed by atoms with Gasteiger partial charge >= 0.3 is 5.97 Å². The molecule has 0 aliphatic heterocycles. The number of ether oxygens (including phenoxy) is 1. The van der Waals surface area contributed by atoms with Crippen LogP contribution in [0.4, 0.5) is 8.78 Å². The normalized spacial score (nSPS) is 12.5. The molecule has 0 aromatic heterocycles. The van der Waals surface area contributed by atoms with Crippen LogP contribution < -0.4 is 5.32 Å². The predicted molar refractivity (Wildman–Crippen MR) is 77.9 cm³/mol. The molecule has 21 heavy (non-hydrogen) atoms. The maximum Gasteiger partial charge on any atom is 0.307 e. The Morgan fingerprint density at radius 2 is 2.05 bits per heavy atom. The number of methoxy groups -OCH3 is 1. The lowest BCUT2D eigenvalue weighted by Crippen LogP contribution is -2.35. The molecule has 0 spiro atoms. The summed E-state index contributed by atoms with van der Waals surface area (Å²) < 4.78 is 31.5. The Hall–Kier alpha value is -1.49. The molecule has 1 N–H and O–H groups in total. The topological polar surface area (TPSA) is 38.3 Å². The largest absolute Gasteiger partial charge is 0.469 e. The van der Waals surface area contributed by atoms with Crippen molar-refractivity contribution in [2.75, 3.05) is 13.7 Å². The summed E-state index contributed by atoms with van der Waals surface area (Å²) in [6.07, 6.45) is 1.32. The standard InChI is InChI=1S/C16H23F2NO2/c1-11(2)6-7-19-14(10-16(20)21-3)9-12-8-13(17)4-5-15(12)18/h4-5,8,11,14,19H,6-7,9-10H2,1-3H3. The van der Waals surface area contributed by atoms with E-state index in [-0.39, 0.29) is 30.4 Å². The van der Waals surface area contributed by atoms with E-state index in [9.17, 15) is 13.6 Å². The SMILES string of the molecule is COC(=O)CC(Cc1cc(F)ccc1F)NCCC(C)C. The molecule has 1 unspecified atom stereocenters. The van der Waals surface area contributed by atoms with E-state index >= 15 is 0 Å². The molecule has 5 heteroatoms. The Labute approximate surface area is 124 Å². The van der Waals surface area contributed by atoms with Gasteiger partial charge < -0.3 is 10.1 Å². The maximum absolute atomic E-state index is 13.7. The zero-order chi connectivity index (χ0) is 15.8. The van der Waals surface area contributed by atoms with Crippen LogP contribution in [0.25, 0.3) is 0 Å².